The Morgan fingerprint density at radius 3 is 2.42 bits per heavy atom. The molecule has 2 aliphatic carbocycles. The number of allylic oxidation sites excluding steroid dienone is 2. The summed E-state index contributed by atoms with van der Waals surface area (Å²) in [6.45, 7) is 2.91. The summed E-state index contributed by atoms with van der Waals surface area (Å²) in [6.07, 6.45) is 9.72. The molecule has 0 amide bonds. The summed E-state index contributed by atoms with van der Waals surface area (Å²) < 4.78 is 0. The van der Waals surface area contributed by atoms with Crippen LogP contribution in [0.4, 0.5) is 0 Å². The van der Waals surface area contributed by atoms with E-state index in [2.05, 4.69) is 23.9 Å². The maximum Gasteiger partial charge on any atom is 0.172 e. The Labute approximate surface area is 185 Å². The van der Waals surface area contributed by atoms with E-state index in [9.17, 15) is 9.90 Å². The first kappa shape index (κ1) is 22.0. The Kier molecular flexibility index (Phi) is 6.47. The van der Waals surface area contributed by atoms with Gasteiger partial charge in [-0.3, -0.25) is 4.79 Å². The first-order chi connectivity index (χ1) is 14.9. The lowest BCUT2D eigenvalue weighted by Crippen LogP contribution is -2.45. The molecule has 3 N–H and O–H groups in total. The Morgan fingerprint density at radius 1 is 1.19 bits per heavy atom. The highest BCUT2D eigenvalue weighted by Crippen LogP contribution is 2.51. The van der Waals surface area contributed by atoms with E-state index in [0.717, 1.165) is 56.5 Å². The van der Waals surface area contributed by atoms with E-state index >= 15 is 0 Å². The largest absolute Gasteiger partial charge is 0.398 e. The molecular formula is C26H35N3O2. The molecule has 1 saturated carbocycles. The summed E-state index contributed by atoms with van der Waals surface area (Å²) in [5.74, 6) is 0.173. The molecule has 1 aromatic rings. The van der Waals surface area contributed by atoms with Crippen LogP contribution in [0.25, 0.3) is 5.57 Å². The van der Waals surface area contributed by atoms with E-state index in [0.29, 0.717) is 23.7 Å². The minimum Gasteiger partial charge on any atom is -0.398 e. The summed E-state index contributed by atoms with van der Waals surface area (Å²) >= 11 is 0. The van der Waals surface area contributed by atoms with Crippen LogP contribution in [0.3, 0.4) is 0 Å². The molecule has 3 aliphatic rings. The highest BCUT2D eigenvalue weighted by atomic mass is 16.3. The second kappa shape index (κ2) is 9.11. The number of aliphatic hydroxyl groups excluding tert-OH is 1. The van der Waals surface area contributed by atoms with Crippen LogP contribution in [0, 0.1) is 5.41 Å². The van der Waals surface area contributed by atoms with Crippen LogP contribution in [0.5, 0.6) is 0 Å². The summed E-state index contributed by atoms with van der Waals surface area (Å²) in [7, 11) is 4.30. The lowest BCUT2D eigenvalue weighted by molar-refractivity contribution is -0.119. The average molecular weight is 422 g/mol. The Balaban J connectivity index is 1.58. The number of carbonyl (C=O) groups excluding carboxylic acids is 1. The molecule has 166 valence electrons. The fourth-order valence-corrected chi connectivity index (χ4v) is 4.86. The monoisotopic (exact) mass is 421 g/mol. The van der Waals surface area contributed by atoms with Gasteiger partial charge in [0.05, 0.1) is 6.10 Å². The van der Waals surface area contributed by atoms with Crippen LogP contribution in [0.15, 0.2) is 59.8 Å². The van der Waals surface area contributed by atoms with Crippen molar-refractivity contribution in [2.24, 2.45) is 11.1 Å². The minimum atomic E-state index is -0.479. The van der Waals surface area contributed by atoms with Crippen molar-refractivity contribution < 1.29 is 9.90 Å². The highest BCUT2D eigenvalue weighted by molar-refractivity contribution is 6.25. The van der Waals surface area contributed by atoms with Gasteiger partial charge in [-0.1, -0.05) is 48.6 Å². The normalized spacial score (nSPS) is 24.6. The molecule has 31 heavy (non-hydrogen) atoms. The third kappa shape index (κ3) is 4.84. The molecule has 1 unspecified atom stereocenters. The zero-order valence-corrected chi connectivity index (χ0v) is 18.8. The number of carbonyl (C=O) groups is 1. The van der Waals surface area contributed by atoms with Gasteiger partial charge < -0.3 is 20.6 Å². The van der Waals surface area contributed by atoms with Crippen LogP contribution in [-0.2, 0) is 4.79 Å². The number of rotatable bonds is 7. The molecule has 1 atom stereocenters. The molecule has 1 heterocycles. The maximum absolute atomic E-state index is 13.9. The fourth-order valence-electron chi connectivity index (χ4n) is 4.86. The van der Waals surface area contributed by atoms with Crippen molar-refractivity contribution in [3.05, 3.63) is 65.4 Å². The highest BCUT2D eigenvalue weighted by Gasteiger charge is 2.52. The second-order valence-electron chi connectivity index (χ2n) is 9.56. The fraction of sp³-hybridized carbons (Fsp3) is 0.500. The zero-order chi connectivity index (χ0) is 22.0. The van der Waals surface area contributed by atoms with Crippen LogP contribution in [0.2, 0.25) is 0 Å². The molecule has 0 bridgehead atoms. The standard InChI is InChI=1S/C26H35N3O2/c1-28(2)21-12-16-29(17-13-21)18-26(14-15-26)25(31)23(19-6-4-3-5-7-19)24(27)20-8-10-22(30)11-9-20/h3-10,21-22,30H,11-18,27H2,1-2H3. The quantitative estimate of drug-likeness (QED) is 0.663. The van der Waals surface area contributed by atoms with E-state index < -0.39 is 6.10 Å². The number of nitrogens with two attached hydrogens (primary N) is 1. The van der Waals surface area contributed by atoms with Gasteiger partial charge in [0.25, 0.3) is 0 Å². The molecule has 5 nitrogen and oxygen atoms in total. The number of nitrogens with zero attached hydrogens (tertiary/aromatic N) is 2. The maximum atomic E-state index is 13.9. The van der Waals surface area contributed by atoms with Gasteiger partial charge in [-0.05, 0) is 70.4 Å². The number of piperidine rings is 1. The Hall–Kier alpha value is -2.21. The van der Waals surface area contributed by atoms with Gasteiger partial charge in [-0.2, -0.15) is 0 Å². The molecule has 1 aliphatic heterocycles. The van der Waals surface area contributed by atoms with E-state index in [1.807, 2.05) is 42.5 Å². The molecule has 0 aromatic heterocycles. The van der Waals surface area contributed by atoms with Gasteiger partial charge in [0, 0.05) is 29.3 Å². The summed E-state index contributed by atoms with van der Waals surface area (Å²) in [6, 6.07) is 10.5. The van der Waals surface area contributed by atoms with Crippen molar-refractivity contribution in [1.82, 2.24) is 9.80 Å². The third-order valence-corrected chi connectivity index (χ3v) is 7.10. The predicted octanol–water partition coefficient (Wildman–Crippen LogP) is 2.98. The van der Waals surface area contributed by atoms with Gasteiger partial charge in [-0.15, -0.1) is 0 Å². The van der Waals surface area contributed by atoms with Gasteiger partial charge >= 0.3 is 0 Å². The third-order valence-electron chi connectivity index (χ3n) is 7.10. The van der Waals surface area contributed by atoms with Crippen LogP contribution < -0.4 is 5.73 Å². The number of likely N-dealkylation sites (tertiary alicyclic amines) is 1. The van der Waals surface area contributed by atoms with Crippen LogP contribution >= 0.6 is 0 Å². The predicted molar refractivity (Wildman–Crippen MR) is 125 cm³/mol. The lowest BCUT2D eigenvalue weighted by Gasteiger charge is -2.37. The number of aliphatic hydroxyl groups is 1. The summed E-state index contributed by atoms with van der Waals surface area (Å²) in [4.78, 5) is 18.7. The van der Waals surface area contributed by atoms with Crippen LogP contribution in [-0.4, -0.2) is 66.6 Å². The molecule has 5 heteroatoms. The van der Waals surface area contributed by atoms with Crippen molar-refractivity contribution in [2.45, 2.75) is 44.2 Å². The van der Waals surface area contributed by atoms with E-state index in [1.165, 1.54) is 0 Å². The first-order valence-corrected chi connectivity index (χ1v) is 11.5. The van der Waals surface area contributed by atoms with Gasteiger partial charge in [-0.25, -0.2) is 0 Å². The smallest absolute Gasteiger partial charge is 0.172 e. The summed E-state index contributed by atoms with van der Waals surface area (Å²) in [5.41, 5.74) is 9.17. The molecule has 1 aromatic carbocycles. The van der Waals surface area contributed by atoms with Gasteiger partial charge in [0.1, 0.15) is 0 Å². The number of benzene rings is 1. The summed E-state index contributed by atoms with van der Waals surface area (Å²) in [5, 5.41) is 9.78. The van der Waals surface area contributed by atoms with Gasteiger partial charge in [0.15, 0.2) is 5.78 Å². The zero-order valence-electron chi connectivity index (χ0n) is 18.8. The van der Waals surface area contributed by atoms with E-state index in [1.54, 1.807) is 6.08 Å². The number of ketones is 1. The van der Waals surface area contributed by atoms with E-state index in [-0.39, 0.29) is 11.2 Å². The van der Waals surface area contributed by atoms with Crippen molar-refractivity contribution in [1.29, 1.82) is 0 Å². The molecule has 0 spiro atoms. The average Bonchev–Trinajstić information content (AvgIpc) is 3.56. The topological polar surface area (TPSA) is 69.8 Å². The minimum absolute atomic E-state index is 0.173. The van der Waals surface area contributed by atoms with Crippen LogP contribution in [0.1, 0.15) is 37.7 Å². The van der Waals surface area contributed by atoms with Crippen molar-refractivity contribution in [3.63, 3.8) is 0 Å². The van der Waals surface area contributed by atoms with Gasteiger partial charge in [0.2, 0.25) is 0 Å². The number of hydrogen-bond donors (Lipinski definition) is 2. The number of hydrogen-bond acceptors (Lipinski definition) is 5. The Bertz CT molecular complexity index is 888. The molecular weight excluding hydrogens is 386 g/mol. The molecule has 0 radical (unpaired) electrons. The molecule has 1 saturated heterocycles. The van der Waals surface area contributed by atoms with Crippen molar-refractivity contribution >= 4 is 11.4 Å². The second-order valence-corrected chi connectivity index (χ2v) is 9.56. The molecule has 4 rings (SSSR count). The molecule has 2 fully saturated rings. The number of Topliss-reactive ketones (excluding diaryl/α,β-unsaturated/α-hetero) is 1. The SMILES string of the molecule is CN(C)C1CCN(CC2(C(=O)C(=C(N)C3=CCC(O)C=C3)c3ccccc3)CC2)CC1. The van der Waals surface area contributed by atoms with Crippen molar-refractivity contribution in [2.75, 3.05) is 33.7 Å². The van der Waals surface area contributed by atoms with E-state index in [4.69, 9.17) is 5.73 Å². The van der Waals surface area contributed by atoms with Crippen molar-refractivity contribution in [3.8, 4) is 0 Å². The Morgan fingerprint density at radius 2 is 1.87 bits per heavy atom. The lowest BCUT2D eigenvalue weighted by atomic mass is 9.86. The first-order valence-electron chi connectivity index (χ1n) is 11.5.